The second-order valence-corrected chi connectivity index (χ2v) is 5.70. The molecule has 2 aromatic rings. The number of hydrogen-bond acceptors (Lipinski definition) is 3. The second-order valence-electron chi connectivity index (χ2n) is 5.70. The van der Waals surface area contributed by atoms with Gasteiger partial charge in [0.2, 0.25) is 0 Å². The molecule has 3 amide bonds. The quantitative estimate of drug-likeness (QED) is 0.629. The van der Waals surface area contributed by atoms with Crippen molar-refractivity contribution in [2.45, 2.75) is 18.9 Å². The van der Waals surface area contributed by atoms with Gasteiger partial charge in [0.15, 0.2) is 0 Å². The van der Waals surface area contributed by atoms with Gasteiger partial charge in [-0.25, -0.2) is 4.79 Å². The molecule has 1 N–H and O–H groups in total. The van der Waals surface area contributed by atoms with Gasteiger partial charge in [0, 0.05) is 13.0 Å². The normalized spacial score (nSPS) is 17.0. The molecular formula is C19H20N2O3. The first-order chi connectivity index (χ1) is 11.7. The average Bonchev–Trinajstić information content (AvgIpc) is 2.87. The molecule has 1 aliphatic rings. The van der Waals surface area contributed by atoms with E-state index in [0.29, 0.717) is 26.0 Å². The van der Waals surface area contributed by atoms with E-state index in [1.54, 1.807) is 0 Å². The van der Waals surface area contributed by atoms with Crippen LogP contribution in [0.15, 0.2) is 60.7 Å². The first-order valence-electron chi connectivity index (χ1n) is 8.08. The zero-order valence-corrected chi connectivity index (χ0v) is 13.4. The summed E-state index contributed by atoms with van der Waals surface area (Å²) in [4.78, 5) is 25.7. The van der Waals surface area contributed by atoms with Gasteiger partial charge in [-0.05, 0) is 24.1 Å². The number of imide groups is 1. The van der Waals surface area contributed by atoms with Crippen LogP contribution in [0.4, 0.5) is 4.79 Å². The zero-order chi connectivity index (χ0) is 16.8. The number of hydrogen-bond donors (Lipinski definition) is 1. The lowest BCUT2D eigenvalue weighted by molar-refractivity contribution is -0.127. The van der Waals surface area contributed by atoms with E-state index < -0.39 is 6.04 Å². The average molecular weight is 324 g/mol. The fourth-order valence-electron chi connectivity index (χ4n) is 2.71. The van der Waals surface area contributed by atoms with Crippen LogP contribution in [0, 0.1) is 0 Å². The summed E-state index contributed by atoms with van der Waals surface area (Å²) in [5, 5.41) is 2.76. The number of carbonyl (C=O) groups is 2. The van der Waals surface area contributed by atoms with Crippen molar-refractivity contribution in [3.63, 3.8) is 0 Å². The van der Waals surface area contributed by atoms with Gasteiger partial charge < -0.3 is 10.1 Å². The molecule has 0 unspecified atom stereocenters. The fraction of sp³-hybridized carbons (Fsp3) is 0.263. The van der Waals surface area contributed by atoms with Crippen molar-refractivity contribution in [1.82, 2.24) is 10.2 Å². The number of nitrogens with one attached hydrogen (secondary N) is 1. The van der Waals surface area contributed by atoms with E-state index in [1.807, 2.05) is 60.7 Å². The topological polar surface area (TPSA) is 58.6 Å². The molecule has 0 aromatic heterocycles. The van der Waals surface area contributed by atoms with Crippen molar-refractivity contribution in [2.75, 3.05) is 13.2 Å². The molecule has 1 atom stereocenters. The lowest BCUT2D eigenvalue weighted by Gasteiger charge is -2.13. The summed E-state index contributed by atoms with van der Waals surface area (Å²) in [5.41, 5.74) is 1.03. The summed E-state index contributed by atoms with van der Waals surface area (Å²) in [6.45, 7) is 0.827. The van der Waals surface area contributed by atoms with Crippen LogP contribution in [0.2, 0.25) is 0 Å². The third-order valence-corrected chi connectivity index (χ3v) is 3.93. The molecule has 1 aliphatic heterocycles. The van der Waals surface area contributed by atoms with Crippen molar-refractivity contribution in [1.29, 1.82) is 0 Å². The molecule has 0 radical (unpaired) electrons. The van der Waals surface area contributed by atoms with Crippen molar-refractivity contribution >= 4 is 11.9 Å². The highest BCUT2D eigenvalue weighted by atomic mass is 16.5. The predicted octanol–water partition coefficient (Wildman–Crippen LogP) is 2.62. The van der Waals surface area contributed by atoms with Gasteiger partial charge in [0.1, 0.15) is 11.8 Å². The van der Waals surface area contributed by atoms with Crippen LogP contribution in [0.5, 0.6) is 5.75 Å². The molecule has 1 fully saturated rings. The van der Waals surface area contributed by atoms with E-state index in [0.717, 1.165) is 11.3 Å². The maximum Gasteiger partial charge on any atom is 0.324 e. The van der Waals surface area contributed by atoms with Crippen LogP contribution in [0.25, 0.3) is 0 Å². The largest absolute Gasteiger partial charge is 0.494 e. The molecular weight excluding hydrogens is 304 g/mol. The maximum absolute atomic E-state index is 12.4. The van der Waals surface area contributed by atoms with E-state index in [1.165, 1.54) is 4.90 Å². The molecule has 3 rings (SSSR count). The van der Waals surface area contributed by atoms with Gasteiger partial charge in [0.05, 0.1) is 6.61 Å². The van der Waals surface area contributed by atoms with Gasteiger partial charge in [-0.2, -0.15) is 0 Å². The standard InChI is InChI=1S/C19H20N2O3/c22-18-17(14-15-8-3-1-4-9-15)20-19(23)21(18)12-7-13-24-16-10-5-2-6-11-16/h1-6,8-11,17H,7,12-14H2,(H,20,23)/t17-/m0/s1. The van der Waals surface area contributed by atoms with E-state index in [4.69, 9.17) is 4.74 Å². The molecule has 1 saturated heterocycles. The van der Waals surface area contributed by atoms with E-state index in [9.17, 15) is 9.59 Å². The Morgan fingerprint density at radius 3 is 2.33 bits per heavy atom. The van der Waals surface area contributed by atoms with Crippen molar-refractivity contribution in [3.8, 4) is 5.75 Å². The predicted molar refractivity (Wildman–Crippen MR) is 90.7 cm³/mol. The Labute approximate surface area is 141 Å². The first-order valence-corrected chi connectivity index (χ1v) is 8.08. The van der Waals surface area contributed by atoms with Crippen LogP contribution in [-0.2, 0) is 11.2 Å². The lowest BCUT2D eigenvalue weighted by atomic mass is 10.1. The van der Waals surface area contributed by atoms with E-state index >= 15 is 0 Å². The second kappa shape index (κ2) is 7.64. The molecule has 2 aromatic carbocycles. The Bertz CT molecular complexity index is 688. The molecule has 0 spiro atoms. The number of urea groups is 1. The van der Waals surface area contributed by atoms with Gasteiger partial charge >= 0.3 is 6.03 Å². The molecule has 5 nitrogen and oxygen atoms in total. The summed E-state index contributed by atoms with van der Waals surface area (Å²) in [6.07, 6.45) is 1.12. The summed E-state index contributed by atoms with van der Waals surface area (Å²) >= 11 is 0. The molecule has 0 saturated carbocycles. The van der Waals surface area contributed by atoms with Gasteiger partial charge in [-0.15, -0.1) is 0 Å². The molecule has 24 heavy (non-hydrogen) atoms. The highest BCUT2D eigenvalue weighted by Crippen LogP contribution is 2.13. The third-order valence-electron chi connectivity index (χ3n) is 3.93. The smallest absolute Gasteiger partial charge is 0.324 e. The lowest BCUT2D eigenvalue weighted by Crippen LogP contribution is -2.33. The van der Waals surface area contributed by atoms with Gasteiger partial charge in [-0.3, -0.25) is 9.69 Å². The minimum atomic E-state index is -0.477. The van der Waals surface area contributed by atoms with Gasteiger partial charge in [-0.1, -0.05) is 48.5 Å². The van der Waals surface area contributed by atoms with Crippen LogP contribution in [0.1, 0.15) is 12.0 Å². The number of amides is 3. The summed E-state index contributed by atoms with van der Waals surface area (Å²) < 4.78 is 5.59. The monoisotopic (exact) mass is 324 g/mol. The Balaban J connectivity index is 1.47. The van der Waals surface area contributed by atoms with Crippen LogP contribution >= 0.6 is 0 Å². The van der Waals surface area contributed by atoms with E-state index in [-0.39, 0.29) is 11.9 Å². The Morgan fingerprint density at radius 1 is 0.958 bits per heavy atom. The molecule has 5 heteroatoms. The number of ether oxygens (including phenoxy) is 1. The minimum Gasteiger partial charge on any atom is -0.494 e. The summed E-state index contributed by atoms with van der Waals surface area (Å²) in [6, 6.07) is 18.4. The van der Waals surface area contributed by atoms with Crippen molar-refractivity contribution in [2.24, 2.45) is 0 Å². The Morgan fingerprint density at radius 2 is 1.62 bits per heavy atom. The SMILES string of the molecule is O=C1N[C@@H](Cc2ccccc2)C(=O)N1CCCOc1ccccc1. The van der Waals surface area contributed by atoms with Crippen LogP contribution in [-0.4, -0.2) is 36.0 Å². The van der Waals surface area contributed by atoms with E-state index in [2.05, 4.69) is 5.32 Å². The number of para-hydroxylation sites is 1. The summed E-state index contributed by atoms with van der Waals surface area (Å²) in [5.74, 6) is 0.625. The number of benzene rings is 2. The fourth-order valence-corrected chi connectivity index (χ4v) is 2.71. The van der Waals surface area contributed by atoms with Crippen molar-refractivity contribution in [3.05, 3.63) is 66.2 Å². The molecule has 0 aliphatic carbocycles. The molecule has 0 bridgehead atoms. The highest BCUT2D eigenvalue weighted by Gasteiger charge is 2.37. The molecule has 1 heterocycles. The van der Waals surface area contributed by atoms with Gasteiger partial charge in [0.25, 0.3) is 5.91 Å². The Kier molecular flexibility index (Phi) is 5.11. The third kappa shape index (κ3) is 3.93. The van der Waals surface area contributed by atoms with Crippen LogP contribution in [0.3, 0.4) is 0 Å². The maximum atomic E-state index is 12.4. The van der Waals surface area contributed by atoms with Crippen molar-refractivity contribution < 1.29 is 14.3 Å². The zero-order valence-electron chi connectivity index (χ0n) is 13.4. The number of nitrogens with zero attached hydrogens (tertiary/aromatic N) is 1. The highest BCUT2D eigenvalue weighted by molar-refractivity contribution is 6.04. The van der Waals surface area contributed by atoms with Crippen LogP contribution < -0.4 is 10.1 Å². The number of rotatable bonds is 7. The first kappa shape index (κ1) is 16.1. The number of carbonyl (C=O) groups excluding carboxylic acids is 2. The summed E-state index contributed by atoms with van der Waals surface area (Å²) in [7, 11) is 0. The Hall–Kier alpha value is -2.82. The molecule has 124 valence electrons. The minimum absolute atomic E-state index is 0.163.